The second kappa shape index (κ2) is 26.4. The molecule has 0 aromatic heterocycles. The third-order valence-electron chi connectivity index (χ3n) is 6.81. The highest BCUT2D eigenvalue weighted by Gasteiger charge is 2.12. The van der Waals surface area contributed by atoms with E-state index in [-0.39, 0.29) is 24.8 Å². The molecule has 0 saturated heterocycles. The van der Waals surface area contributed by atoms with Crippen LogP contribution in [0, 0.1) is 5.92 Å². The molecule has 0 heterocycles. The van der Waals surface area contributed by atoms with Gasteiger partial charge in [-0.15, -0.1) is 0 Å². The summed E-state index contributed by atoms with van der Waals surface area (Å²) in [7, 11) is 1.67. The topological polar surface area (TPSA) is 54.0 Å². The first-order valence-electron chi connectivity index (χ1n) is 14.9. The van der Waals surface area contributed by atoms with Crippen molar-refractivity contribution in [1.82, 2.24) is 0 Å². The molecule has 0 amide bonds. The molecule has 0 rings (SSSR count). The Morgan fingerprint density at radius 2 is 1.17 bits per heavy atom. The van der Waals surface area contributed by atoms with Gasteiger partial charge in [-0.3, -0.25) is 0 Å². The lowest BCUT2D eigenvalue weighted by Gasteiger charge is -2.18. The molecule has 0 N–H and O–H groups in total. The predicted molar refractivity (Wildman–Crippen MR) is 147 cm³/mol. The fourth-order valence-electron chi connectivity index (χ4n) is 4.32. The van der Waals surface area contributed by atoms with Crippen molar-refractivity contribution in [3.63, 3.8) is 0 Å². The summed E-state index contributed by atoms with van der Waals surface area (Å²) >= 11 is 0. The Morgan fingerprint density at radius 1 is 0.657 bits per heavy atom. The summed E-state index contributed by atoms with van der Waals surface area (Å²) < 4.78 is 21.8. The number of hydrogen-bond acceptors (Lipinski definition) is 5. The Hall–Kier alpha value is -0.650. The summed E-state index contributed by atoms with van der Waals surface area (Å²) in [6.07, 6.45) is 22.4. The van der Waals surface area contributed by atoms with Crippen LogP contribution in [0.2, 0.25) is 0 Å². The number of rotatable bonds is 27. The van der Waals surface area contributed by atoms with Crippen LogP contribution in [-0.4, -0.2) is 51.7 Å². The number of carbonyl (C=O) groups is 1. The third-order valence-corrected chi connectivity index (χ3v) is 6.81. The Morgan fingerprint density at radius 3 is 1.69 bits per heavy atom. The van der Waals surface area contributed by atoms with Crippen molar-refractivity contribution < 1.29 is 23.7 Å². The summed E-state index contributed by atoms with van der Waals surface area (Å²) in [5, 5.41) is 0. The minimum Gasteiger partial charge on any atom is -0.464 e. The summed E-state index contributed by atoms with van der Waals surface area (Å²) in [5.41, 5.74) is 0. The van der Waals surface area contributed by atoms with E-state index in [9.17, 15) is 4.79 Å². The molecular formula is C30H60O5. The van der Waals surface area contributed by atoms with E-state index in [0.717, 1.165) is 6.42 Å². The van der Waals surface area contributed by atoms with Crippen LogP contribution in [0.4, 0.5) is 0 Å². The first-order valence-corrected chi connectivity index (χ1v) is 14.9. The van der Waals surface area contributed by atoms with Crippen molar-refractivity contribution in [2.24, 2.45) is 5.92 Å². The Balaban J connectivity index is 4.06. The molecule has 0 spiro atoms. The molecule has 35 heavy (non-hydrogen) atoms. The van der Waals surface area contributed by atoms with Crippen molar-refractivity contribution >= 4 is 5.97 Å². The van der Waals surface area contributed by atoms with Crippen molar-refractivity contribution in [3.8, 4) is 0 Å². The molecule has 0 aliphatic carbocycles. The second-order valence-corrected chi connectivity index (χ2v) is 10.4. The average Bonchev–Trinajstić information content (AvgIpc) is 2.85. The zero-order chi connectivity index (χ0) is 26.0. The Kier molecular flexibility index (Phi) is 25.9. The van der Waals surface area contributed by atoms with Gasteiger partial charge in [0.05, 0.1) is 32.0 Å². The van der Waals surface area contributed by atoms with Crippen molar-refractivity contribution in [2.45, 2.75) is 149 Å². The van der Waals surface area contributed by atoms with E-state index < -0.39 is 0 Å². The molecular weight excluding hydrogens is 440 g/mol. The van der Waals surface area contributed by atoms with Crippen molar-refractivity contribution in [2.75, 3.05) is 33.5 Å². The molecule has 0 bridgehead atoms. The van der Waals surface area contributed by atoms with Crippen LogP contribution < -0.4 is 0 Å². The van der Waals surface area contributed by atoms with E-state index in [1.807, 2.05) is 13.8 Å². The Labute approximate surface area is 218 Å². The number of unbranched alkanes of at least 4 members (excludes halogenated alkanes) is 12. The van der Waals surface area contributed by atoms with Crippen molar-refractivity contribution in [3.05, 3.63) is 0 Å². The SMILES string of the molecule is CCCCCCCCCCC(CCCCCCCC)CCOC(=O)COCC(C)OCC(C)OC. The van der Waals surface area contributed by atoms with Gasteiger partial charge in [-0.25, -0.2) is 4.79 Å². The zero-order valence-corrected chi connectivity index (χ0v) is 24.1. The first-order chi connectivity index (χ1) is 17.0. The van der Waals surface area contributed by atoms with E-state index in [2.05, 4.69) is 13.8 Å². The van der Waals surface area contributed by atoms with Gasteiger partial charge in [0.15, 0.2) is 0 Å². The van der Waals surface area contributed by atoms with Gasteiger partial charge in [0, 0.05) is 7.11 Å². The second-order valence-electron chi connectivity index (χ2n) is 10.4. The summed E-state index contributed by atoms with van der Waals surface area (Å²) in [4.78, 5) is 12.1. The molecule has 0 fully saturated rings. The van der Waals surface area contributed by atoms with E-state index in [4.69, 9.17) is 18.9 Å². The van der Waals surface area contributed by atoms with E-state index in [1.54, 1.807) is 7.11 Å². The van der Waals surface area contributed by atoms with Crippen LogP contribution in [0.5, 0.6) is 0 Å². The van der Waals surface area contributed by atoms with Gasteiger partial charge in [-0.1, -0.05) is 117 Å². The van der Waals surface area contributed by atoms with Gasteiger partial charge >= 0.3 is 5.97 Å². The molecule has 0 aromatic rings. The normalized spacial score (nSPS) is 14.1. The molecule has 210 valence electrons. The third kappa shape index (κ3) is 24.8. The van der Waals surface area contributed by atoms with Gasteiger partial charge in [0.2, 0.25) is 0 Å². The smallest absolute Gasteiger partial charge is 0.332 e. The van der Waals surface area contributed by atoms with E-state index in [0.29, 0.717) is 25.7 Å². The summed E-state index contributed by atoms with van der Waals surface area (Å²) in [6, 6.07) is 0. The van der Waals surface area contributed by atoms with Crippen LogP contribution in [0.3, 0.4) is 0 Å². The lowest BCUT2D eigenvalue weighted by molar-refractivity contribution is -0.151. The van der Waals surface area contributed by atoms with Crippen LogP contribution in [0.1, 0.15) is 137 Å². The lowest BCUT2D eigenvalue weighted by atomic mass is 9.91. The predicted octanol–water partition coefficient (Wildman–Crippen LogP) is 8.27. The van der Waals surface area contributed by atoms with Gasteiger partial charge in [-0.05, 0) is 26.2 Å². The first kappa shape index (κ1) is 34.4. The molecule has 0 radical (unpaired) electrons. The van der Waals surface area contributed by atoms with Crippen molar-refractivity contribution in [1.29, 1.82) is 0 Å². The maximum atomic E-state index is 12.1. The standard InChI is InChI=1S/C30H60O5/c1-6-8-10-12-14-15-17-19-21-29(20-18-16-13-11-9-7-2)22-23-34-30(31)26-33-24-28(4)35-25-27(3)32-5/h27-29H,6-26H2,1-5H3. The highest BCUT2D eigenvalue weighted by atomic mass is 16.6. The molecule has 3 unspecified atom stereocenters. The maximum Gasteiger partial charge on any atom is 0.332 e. The van der Waals surface area contributed by atoms with E-state index in [1.165, 1.54) is 103 Å². The fraction of sp³-hybridized carbons (Fsp3) is 0.967. The number of carbonyl (C=O) groups excluding carboxylic acids is 1. The van der Waals surface area contributed by atoms with E-state index >= 15 is 0 Å². The number of ether oxygens (including phenoxy) is 4. The van der Waals surface area contributed by atoms with Gasteiger partial charge in [0.1, 0.15) is 6.61 Å². The van der Waals surface area contributed by atoms with Gasteiger partial charge in [0.25, 0.3) is 0 Å². The number of methoxy groups -OCH3 is 1. The molecule has 3 atom stereocenters. The molecule has 5 nitrogen and oxygen atoms in total. The van der Waals surface area contributed by atoms with Crippen LogP contribution in [-0.2, 0) is 23.7 Å². The molecule has 0 saturated carbocycles. The molecule has 0 aromatic carbocycles. The Bertz CT molecular complexity index is 442. The zero-order valence-electron chi connectivity index (χ0n) is 24.1. The average molecular weight is 501 g/mol. The highest BCUT2D eigenvalue weighted by Crippen LogP contribution is 2.22. The maximum absolute atomic E-state index is 12.1. The molecule has 0 aliphatic heterocycles. The summed E-state index contributed by atoms with van der Waals surface area (Å²) in [5.74, 6) is 0.402. The lowest BCUT2D eigenvalue weighted by Crippen LogP contribution is -2.24. The molecule has 5 heteroatoms. The monoisotopic (exact) mass is 500 g/mol. The van der Waals surface area contributed by atoms with Gasteiger partial charge in [-0.2, -0.15) is 0 Å². The largest absolute Gasteiger partial charge is 0.464 e. The highest BCUT2D eigenvalue weighted by molar-refractivity contribution is 5.70. The fourth-order valence-corrected chi connectivity index (χ4v) is 4.32. The van der Waals surface area contributed by atoms with Crippen LogP contribution >= 0.6 is 0 Å². The number of hydrogen-bond donors (Lipinski definition) is 0. The van der Waals surface area contributed by atoms with Gasteiger partial charge < -0.3 is 18.9 Å². The number of esters is 1. The van der Waals surface area contributed by atoms with Crippen LogP contribution in [0.25, 0.3) is 0 Å². The quantitative estimate of drug-likeness (QED) is 0.0839. The summed E-state index contributed by atoms with van der Waals surface area (Å²) in [6.45, 7) is 9.84. The molecule has 0 aliphatic rings. The minimum absolute atomic E-state index is 0.00629. The minimum atomic E-state index is -0.271. The van der Waals surface area contributed by atoms with Crippen LogP contribution in [0.15, 0.2) is 0 Å².